The first kappa shape index (κ1) is 29.4. The maximum absolute atomic E-state index is 11.4. The van der Waals surface area contributed by atoms with E-state index in [0.717, 1.165) is 64.6 Å². The lowest BCUT2D eigenvalue weighted by molar-refractivity contribution is -0.258. The molecule has 6 aliphatic rings. The van der Waals surface area contributed by atoms with Crippen LogP contribution in [-0.4, -0.2) is 49.1 Å². The van der Waals surface area contributed by atoms with Gasteiger partial charge in [0, 0.05) is 19.6 Å². The number of aliphatic carboxylic acids is 1. The van der Waals surface area contributed by atoms with Crippen molar-refractivity contribution < 1.29 is 28.8 Å². The molecule has 12 atom stereocenters. The van der Waals surface area contributed by atoms with Crippen molar-refractivity contribution in [3.05, 3.63) is 0 Å². The van der Waals surface area contributed by atoms with Crippen molar-refractivity contribution in [1.29, 1.82) is 0 Å². The Labute approximate surface area is 242 Å². The van der Waals surface area contributed by atoms with E-state index in [2.05, 4.69) is 20.8 Å². The summed E-state index contributed by atoms with van der Waals surface area (Å²) in [5, 5.41) is 9.35. The second kappa shape index (κ2) is 12.1. The monoisotopic (exact) mass is 560 g/mol. The molecule has 6 fully saturated rings. The van der Waals surface area contributed by atoms with Crippen LogP contribution < -0.4 is 0 Å². The highest BCUT2D eigenvalue weighted by Crippen LogP contribution is 2.69. The van der Waals surface area contributed by atoms with Crippen LogP contribution in [0, 0.1) is 46.3 Å². The van der Waals surface area contributed by atoms with Crippen LogP contribution in [-0.2, 0) is 23.7 Å². The third-order valence-electron chi connectivity index (χ3n) is 13.1. The zero-order valence-corrected chi connectivity index (χ0v) is 25.5. The van der Waals surface area contributed by atoms with E-state index in [1.54, 1.807) is 0 Å². The van der Waals surface area contributed by atoms with Gasteiger partial charge >= 0.3 is 5.97 Å². The molecule has 0 radical (unpaired) electrons. The van der Waals surface area contributed by atoms with E-state index in [1.807, 2.05) is 0 Å². The Morgan fingerprint density at radius 1 is 0.850 bits per heavy atom. The first-order valence-corrected chi connectivity index (χ1v) is 17.0. The highest BCUT2D eigenvalue weighted by atomic mass is 16.7. The van der Waals surface area contributed by atoms with E-state index in [1.165, 1.54) is 44.9 Å². The minimum Gasteiger partial charge on any atom is -0.481 e. The van der Waals surface area contributed by atoms with Crippen molar-refractivity contribution in [3.63, 3.8) is 0 Å². The largest absolute Gasteiger partial charge is 0.481 e. The van der Waals surface area contributed by atoms with Crippen LogP contribution in [0.25, 0.3) is 0 Å². The summed E-state index contributed by atoms with van der Waals surface area (Å²) in [6, 6.07) is 0. The lowest BCUT2D eigenvalue weighted by atomic mass is 9.43. The summed E-state index contributed by atoms with van der Waals surface area (Å²) in [5.74, 6) is 3.00. The summed E-state index contributed by atoms with van der Waals surface area (Å²) in [6.07, 6.45) is 18.2. The number of fused-ring (bicyclic) bond motifs is 5. The van der Waals surface area contributed by atoms with Crippen molar-refractivity contribution >= 4 is 5.97 Å². The molecule has 0 bridgehead atoms. The van der Waals surface area contributed by atoms with Gasteiger partial charge in [-0.25, -0.2) is 0 Å². The van der Waals surface area contributed by atoms with E-state index in [0.29, 0.717) is 53.4 Å². The molecule has 228 valence electrons. The van der Waals surface area contributed by atoms with Crippen LogP contribution in [0.2, 0.25) is 0 Å². The van der Waals surface area contributed by atoms with Crippen molar-refractivity contribution in [2.75, 3.05) is 13.2 Å². The van der Waals surface area contributed by atoms with Gasteiger partial charge in [-0.2, -0.15) is 0 Å². The van der Waals surface area contributed by atoms with Gasteiger partial charge in [0.05, 0.1) is 12.2 Å². The fourth-order valence-corrected chi connectivity index (χ4v) is 11.0. The highest BCUT2D eigenvalue weighted by Gasteiger charge is 2.63. The van der Waals surface area contributed by atoms with Crippen molar-refractivity contribution in [2.45, 2.75) is 148 Å². The number of carbonyl (C=O) groups is 1. The zero-order chi connectivity index (χ0) is 27.9. The first-order chi connectivity index (χ1) is 19.3. The summed E-state index contributed by atoms with van der Waals surface area (Å²) >= 11 is 0. The van der Waals surface area contributed by atoms with Crippen LogP contribution in [0.1, 0.15) is 124 Å². The van der Waals surface area contributed by atoms with Crippen molar-refractivity contribution in [2.24, 2.45) is 46.3 Å². The lowest BCUT2D eigenvalue weighted by Gasteiger charge is -2.63. The number of rotatable bonds is 8. The van der Waals surface area contributed by atoms with Crippen LogP contribution in [0.4, 0.5) is 0 Å². The molecule has 0 amide bonds. The molecule has 1 N–H and O–H groups in total. The molecule has 6 rings (SSSR count). The standard InChI is InChI=1S/C34H56O6/c1-22(10-13-29(35)36)25-11-12-26-32-27(15-17-34(25,26)3)33(2)16-14-24(39-30-8-4-6-18-37-30)20-23(33)21-28(32)40-31-9-5-7-19-38-31/h22-28,30-32H,4-21H2,1-3H3,(H,35,36)/t22-,23+,24-,25-,26+,27+,28+,30?,31?,32+,33+,34-/m1/s1. The quantitative estimate of drug-likeness (QED) is 0.309. The van der Waals surface area contributed by atoms with Gasteiger partial charge in [-0.05, 0) is 143 Å². The van der Waals surface area contributed by atoms with Crippen LogP contribution in [0.5, 0.6) is 0 Å². The highest BCUT2D eigenvalue weighted by molar-refractivity contribution is 5.66. The fraction of sp³-hybridized carbons (Fsp3) is 0.971. The van der Waals surface area contributed by atoms with Gasteiger partial charge in [0.25, 0.3) is 0 Å². The van der Waals surface area contributed by atoms with Crippen molar-refractivity contribution in [3.8, 4) is 0 Å². The topological polar surface area (TPSA) is 74.2 Å². The van der Waals surface area contributed by atoms with Gasteiger partial charge in [0.15, 0.2) is 12.6 Å². The van der Waals surface area contributed by atoms with E-state index in [4.69, 9.17) is 18.9 Å². The summed E-state index contributed by atoms with van der Waals surface area (Å²) in [6.45, 7) is 9.19. The molecule has 6 heteroatoms. The minimum absolute atomic E-state index is 0.00365. The van der Waals surface area contributed by atoms with Crippen LogP contribution in [0.15, 0.2) is 0 Å². The normalized spacial score (nSPS) is 48.0. The molecule has 2 aliphatic heterocycles. The molecule has 2 heterocycles. The maximum Gasteiger partial charge on any atom is 0.303 e. The third-order valence-corrected chi connectivity index (χ3v) is 13.1. The summed E-state index contributed by atoms with van der Waals surface area (Å²) in [4.78, 5) is 11.4. The molecular weight excluding hydrogens is 504 g/mol. The first-order valence-electron chi connectivity index (χ1n) is 17.0. The summed E-state index contributed by atoms with van der Waals surface area (Å²) < 4.78 is 25.8. The summed E-state index contributed by atoms with van der Waals surface area (Å²) in [7, 11) is 0. The third kappa shape index (κ3) is 5.65. The number of carboxylic acid groups (broad SMARTS) is 1. The molecule has 4 saturated carbocycles. The number of ether oxygens (including phenoxy) is 4. The van der Waals surface area contributed by atoms with Crippen LogP contribution >= 0.6 is 0 Å². The zero-order valence-electron chi connectivity index (χ0n) is 25.5. The summed E-state index contributed by atoms with van der Waals surface area (Å²) in [5.41, 5.74) is 0.634. The fourth-order valence-electron chi connectivity index (χ4n) is 11.0. The average Bonchev–Trinajstić information content (AvgIpc) is 3.31. The van der Waals surface area contributed by atoms with E-state index >= 15 is 0 Å². The Balaban J connectivity index is 1.22. The van der Waals surface area contributed by atoms with Gasteiger partial charge in [-0.3, -0.25) is 4.79 Å². The number of carboxylic acids is 1. The maximum atomic E-state index is 11.4. The van der Waals surface area contributed by atoms with Gasteiger partial charge in [-0.15, -0.1) is 0 Å². The Hall–Kier alpha value is -0.690. The molecule has 0 aromatic heterocycles. The minimum atomic E-state index is -0.655. The van der Waals surface area contributed by atoms with Gasteiger partial charge < -0.3 is 24.1 Å². The van der Waals surface area contributed by atoms with Crippen LogP contribution in [0.3, 0.4) is 0 Å². The smallest absolute Gasteiger partial charge is 0.303 e. The molecule has 2 saturated heterocycles. The molecule has 40 heavy (non-hydrogen) atoms. The van der Waals surface area contributed by atoms with E-state index < -0.39 is 5.97 Å². The Bertz CT molecular complexity index is 866. The molecule has 6 nitrogen and oxygen atoms in total. The second-order valence-electron chi connectivity index (χ2n) is 15.2. The van der Waals surface area contributed by atoms with E-state index in [-0.39, 0.29) is 24.1 Å². The Kier molecular flexibility index (Phi) is 8.91. The lowest BCUT2D eigenvalue weighted by Crippen LogP contribution is -2.60. The number of hydrogen-bond acceptors (Lipinski definition) is 5. The van der Waals surface area contributed by atoms with E-state index in [9.17, 15) is 9.90 Å². The molecule has 0 aromatic rings. The molecule has 0 spiro atoms. The molecule has 4 aliphatic carbocycles. The van der Waals surface area contributed by atoms with Gasteiger partial charge in [0.1, 0.15) is 0 Å². The molecule has 0 aromatic carbocycles. The number of hydrogen-bond donors (Lipinski definition) is 1. The SMILES string of the molecule is C[C@H](CCC(=O)O)[C@H]1CC[C@H]2[C@@H]3[C@@H](OC4CCCCO4)C[C@@H]4C[C@H](OC5CCCCO5)CC[C@]4(C)[C@H]3CC[C@]12C. The van der Waals surface area contributed by atoms with Gasteiger partial charge in [-0.1, -0.05) is 20.8 Å². The Morgan fingerprint density at radius 3 is 2.20 bits per heavy atom. The Morgan fingerprint density at radius 2 is 1.52 bits per heavy atom. The van der Waals surface area contributed by atoms with Crippen molar-refractivity contribution in [1.82, 2.24) is 0 Å². The average molecular weight is 561 g/mol. The molecule has 2 unspecified atom stereocenters. The predicted molar refractivity (Wildman–Crippen MR) is 154 cm³/mol. The molecular formula is C34H56O6. The predicted octanol–water partition coefficient (Wildman–Crippen LogP) is 7.58. The van der Waals surface area contributed by atoms with Gasteiger partial charge in [0.2, 0.25) is 0 Å². The second-order valence-corrected chi connectivity index (χ2v) is 15.2.